The minimum atomic E-state index is -0.927. The number of hydrogen-bond donors (Lipinski definition) is 2. The lowest BCUT2D eigenvalue weighted by Crippen LogP contribution is -2.42. The van der Waals surface area contributed by atoms with Gasteiger partial charge >= 0.3 is 10.8 Å². The van der Waals surface area contributed by atoms with E-state index in [4.69, 9.17) is 9.84 Å². The van der Waals surface area contributed by atoms with Gasteiger partial charge in [0, 0.05) is 29.0 Å². The van der Waals surface area contributed by atoms with Gasteiger partial charge in [-0.2, -0.15) is 0 Å². The number of ether oxygens (including phenoxy) is 1. The average molecular weight is 501 g/mol. The van der Waals surface area contributed by atoms with E-state index in [-0.39, 0.29) is 76.8 Å². The van der Waals surface area contributed by atoms with Crippen molar-refractivity contribution in [3.8, 4) is 5.75 Å². The number of aromatic amines is 1. The summed E-state index contributed by atoms with van der Waals surface area (Å²) in [5.74, 6) is -0.861. The third-order valence-electron chi connectivity index (χ3n) is 8.06. The maximum atomic E-state index is 13.4. The maximum absolute atomic E-state index is 13.4. The van der Waals surface area contributed by atoms with Gasteiger partial charge in [-0.3, -0.25) is 24.1 Å². The van der Waals surface area contributed by atoms with Crippen LogP contribution in [0.4, 0.5) is 0 Å². The molecule has 8 nitrogen and oxygen atoms in total. The van der Waals surface area contributed by atoms with Crippen molar-refractivity contribution in [3.63, 3.8) is 0 Å². The number of carboxylic acids is 1. The number of aromatic nitrogens is 1. The summed E-state index contributed by atoms with van der Waals surface area (Å²) in [5.41, 5.74) is 1.09. The number of thiazole rings is 1. The van der Waals surface area contributed by atoms with Crippen molar-refractivity contribution in [2.45, 2.75) is 35.5 Å². The second-order valence-electron chi connectivity index (χ2n) is 9.56. The Morgan fingerprint density at radius 2 is 1.85 bits per heavy atom. The molecule has 2 amide bonds. The van der Waals surface area contributed by atoms with E-state index in [1.807, 2.05) is 24.3 Å². The molecule has 1 saturated heterocycles. The minimum Gasteiger partial charge on any atom is -0.497 e. The second-order valence-corrected chi connectivity index (χ2v) is 11.8. The summed E-state index contributed by atoms with van der Waals surface area (Å²) in [7, 11) is 1.62. The molecular weight excluding hydrogens is 476 g/mol. The zero-order chi connectivity index (χ0) is 23.7. The number of benzene rings is 1. The van der Waals surface area contributed by atoms with Gasteiger partial charge in [0.1, 0.15) is 5.75 Å². The van der Waals surface area contributed by atoms with Crippen LogP contribution in [0.3, 0.4) is 0 Å². The average Bonchev–Trinajstić information content (AvgIpc) is 3.54. The minimum absolute atomic E-state index is 0.0176. The summed E-state index contributed by atoms with van der Waals surface area (Å²) in [5, 5.41) is 9.98. The number of thioether (sulfide) groups is 1. The summed E-state index contributed by atoms with van der Waals surface area (Å²) >= 11 is 2.90. The second kappa shape index (κ2) is 7.98. The number of carboxylic acid groups (broad SMARTS) is 1. The van der Waals surface area contributed by atoms with E-state index in [1.54, 1.807) is 18.9 Å². The van der Waals surface area contributed by atoms with Crippen LogP contribution in [0.2, 0.25) is 0 Å². The number of hydrogen-bond acceptors (Lipinski definition) is 7. The summed E-state index contributed by atoms with van der Waals surface area (Å²) in [6.45, 7) is 0.168. The highest BCUT2D eigenvalue weighted by molar-refractivity contribution is 8.00. The Labute approximate surface area is 203 Å². The Kier molecular flexibility index (Phi) is 5.14. The topological polar surface area (TPSA) is 117 Å². The van der Waals surface area contributed by atoms with Gasteiger partial charge in [0.25, 0.3) is 0 Å². The van der Waals surface area contributed by atoms with Crippen LogP contribution in [-0.4, -0.2) is 51.7 Å². The van der Waals surface area contributed by atoms with E-state index >= 15 is 0 Å². The quantitative estimate of drug-likeness (QED) is 0.586. The SMILES string of the molecule is COc1ccc([C@H]2c3sc(=O)[nH]c3S[C@H]3[C@@H]4C[C@H]([C@H]5C(=O)N(CCCC(=O)O)C(=O)[C@H]45)[C@H]23)cc1. The number of aliphatic carboxylic acids is 1. The van der Waals surface area contributed by atoms with Gasteiger partial charge in [0.2, 0.25) is 11.8 Å². The molecule has 0 spiro atoms. The molecule has 2 aromatic rings. The number of carbonyl (C=O) groups excluding carboxylic acids is 2. The predicted octanol–water partition coefficient (Wildman–Crippen LogP) is 2.78. The first-order valence-electron chi connectivity index (χ1n) is 11.5. The third kappa shape index (κ3) is 3.11. The molecule has 1 aromatic heterocycles. The molecule has 3 heterocycles. The highest BCUT2D eigenvalue weighted by atomic mass is 32.2. The molecule has 1 aromatic carbocycles. The number of imide groups is 1. The first kappa shape index (κ1) is 21.9. The molecule has 2 aliphatic heterocycles. The van der Waals surface area contributed by atoms with Gasteiger partial charge in [-0.25, -0.2) is 0 Å². The highest BCUT2D eigenvalue weighted by Crippen LogP contribution is 2.68. The van der Waals surface area contributed by atoms with E-state index in [2.05, 4.69) is 4.98 Å². The summed E-state index contributed by atoms with van der Waals surface area (Å²) in [6.07, 6.45) is 1.05. The normalized spacial score (nSPS) is 33.1. The Morgan fingerprint density at radius 3 is 2.53 bits per heavy atom. The smallest absolute Gasteiger partial charge is 0.305 e. The molecule has 2 bridgehead atoms. The zero-order valence-electron chi connectivity index (χ0n) is 18.4. The molecule has 7 atom stereocenters. The van der Waals surface area contributed by atoms with Gasteiger partial charge in [-0.1, -0.05) is 23.5 Å². The third-order valence-corrected chi connectivity index (χ3v) is 10.7. The lowest BCUT2D eigenvalue weighted by molar-refractivity contribution is -0.142. The van der Waals surface area contributed by atoms with Gasteiger partial charge in [0.05, 0.1) is 24.0 Å². The number of fused-ring (bicyclic) bond motifs is 9. The number of H-pyrrole nitrogens is 1. The molecule has 178 valence electrons. The van der Waals surface area contributed by atoms with Crippen LogP contribution in [0, 0.1) is 29.6 Å². The van der Waals surface area contributed by atoms with Crippen LogP contribution >= 0.6 is 23.1 Å². The van der Waals surface area contributed by atoms with Crippen LogP contribution in [0.1, 0.15) is 35.6 Å². The standard InChI is InChI=1S/C24H24N2O6S2/c1-32-11-6-4-10(5-7-11)15-16-12-9-13(19(16)33-21-20(15)34-24(31)25-21)18-17(12)22(29)26(23(18)30)8-2-3-14(27)28/h4-7,12-13,15-19H,2-3,8-9H2,1H3,(H,25,31)(H,27,28)/t12-,13+,15+,16+,17+,18+,19-/m0/s1. The molecule has 0 unspecified atom stereocenters. The lowest BCUT2D eigenvalue weighted by atomic mass is 9.68. The van der Waals surface area contributed by atoms with E-state index in [0.717, 1.165) is 27.6 Å². The van der Waals surface area contributed by atoms with Crippen molar-refractivity contribution in [1.82, 2.24) is 9.88 Å². The van der Waals surface area contributed by atoms with Crippen LogP contribution < -0.4 is 9.61 Å². The molecule has 4 aliphatic rings. The number of nitrogens with zero attached hydrogens (tertiary/aromatic N) is 1. The Hall–Kier alpha value is -2.59. The predicted molar refractivity (Wildman–Crippen MR) is 125 cm³/mol. The number of rotatable bonds is 6. The van der Waals surface area contributed by atoms with Crippen LogP contribution in [0.5, 0.6) is 5.75 Å². The van der Waals surface area contributed by atoms with Gasteiger partial charge in [-0.15, -0.1) is 11.8 Å². The number of carbonyl (C=O) groups is 3. The van der Waals surface area contributed by atoms with Gasteiger partial charge < -0.3 is 14.8 Å². The van der Waals surface area contributed by atoms with E-state index in [1.165, 1.54) is 16.2 Å². The Morgan fingerprint density at radius 1 is 1.15 bits per heavy atom. The first-order chi connectivity index (χ1) is 16.4. The fourth-order valence-electron chi connectivity index (χ4n) is 6.87. The maximum Gasteiger partial charge on any atom is 0.305 e. The van der Waals surface area contributed by atoms with E-state index < -0.39 is 5.97 Å². The Balaban J connectivity index is 1.36. The number of methoxy groups -OCH3 is 1. The molecule has 2 N–H and O–H groups in total. The number of likely N-dealkylation sites (tertiary alicyclic amines) is 1. The van der Waals surface area contributed by atoms with Crippen molar-refractivity contribution < 1.29 is 24.2 Å². The van der Waals surface area contributed by atoms with Crippen molar-refractivity contribution in [3.05, 3.63) is 44.4 Å². The fraction of sp³-hybridized carbons (Fsp3) is 0.500. The van der Waals surface area contributed by atoms with Gasteiger partial charge in [0.15, 0.2) is 0 Å². The lowest BCUT2D eigenvalue weighted by Gasteiger charge is -2.43. The van der Waals surface area contributed by atoms with Crippen molar-refractivity contribution in [2.24, 2.45) is 29.6 Å². The van der Waals surface area contributed by atoms with E-state index in [9.17, 15) is 19.2 Å². The van der Waals surface area contributed by atoms with E-state index in [0.29, 0.717) is 0 Å². The Bertz CT molecular complexity index is 1240. The number of amides is 2. The number of nitrogens with one attached hydrogen (secondary N) is 1. The summed E-state index contributed by atoms with van der Waals surface area (Å²) < 4.78 is 5.33. The molecule has 6 rings (SSSR count). The molecule has 0 radical (unpaired) electrons. The molecule has 10 heteroatoms. The summed E-state index contributed by atoms with van der Waals surface area (Å²) in [6, 6.07) is 7.92. The molecule has 2 aliphatic carbocycles. The first-order valence-corrected chi connectivity index (χ1v) is 13.2. The van der Waals surface area contributed by atoms with Crippen LogP contribution in [0.25, 0.3) is 0 Å². The van der Waals surface area contributed by atoms with Crippen molar-refractivity contribution in [1.29, 1.82) is 0 Å². The fourth-order valence-corrected chi connectivity index (χ4v) is 9.76. The molecule has 34 heavy (non-hydrogen) atoms. The van der Waals surface area contributed by atoms with Crippen molar-refractivity contribution in [2.75, 3.05) is 13.7 Å². The monoisotopic (exact) mass is 500 g/mol. The molecule has 3 fully saturated rings. The van der Waals surface area contributed by atoms with Crippen LogP contribution in [0.15, 0.2) is 34.1 Å². The summed E-state index contributed by atoms with van der Waals surface area (Å²) in [4.78, 5) is 55.1. The largest absolute Gasteiger partial charge is 0.497 e. The van der Waals surface area contributed by atoms with Crippen LogP contribution in [-0.2, 0) is 14.4 Å². The zero-order valence-corrected chi connectivity index (χ0v) is 20.1. The molecular formula is C24H24N2O6S2. The molecule has 2 saturated carbocycles. The van der Waals surface area contributed by atoms with Gasteiger partial charge in [-0.05, 0) is 48.3 Å². The van der Waals surface area contributed by atoms with Crippen molar-refractivity contribution >= 4 is 40.9 Å². The highest BCUT2D eigenvalue weighted by Gasteiger charge is 2.69.